The predicted molar refractivity (Wildman–Crippen MR) is 225 cm³/mol. The van der Waals surface area contributed by atoms with E-state index in [4.69, 9.17) is 5.73 Å². The van der Waals surface area contributed by atoms with Gasteiger partial charge in [-0.15, -0.1) is 0 Å². The number of hydrogen-bond donors (Lipinski definition) is 10. The van der Waals surface area contributed by atoms with Crippen molar-refractivity contribution in [3.05, 3.63) is 52.1 Å². The number of hydrogen-bond acceptors (Lipinski definition) is 17. The van der Waals surface area contributed by atoms with Crippen LogP contribution in [-0.2, 0) is 35.3 Å². The maximum atomic E-state index is 12.9. The van der Waals surface area contributed by atoms with Crippen molar-refractivity contribution < 1.29 is 54.0 Å². The van der Waals surface area contributed by atoms with Gasteiger partial charge in [0.1, 0.15) is 6.04 Å². The number of amides is 3. The minimum atomic E-state index is -1.38. The Hall–Kier alpha value is -6.19. The van der Waals surface area contributed by atoms with Crippen LogP contribution in [-0.4, -0.2) is 219 Å². The fraction of sp³-hybridized carbons (Fsp3) is 0.486. The van der Waals surface area contributed by atoms with Crippen molar-refractivity contribution >= 4 is 84.2 Å². The van der Waals surface area contributed by atoms with Gasteiger partial charge in [-0.3, -0.25) is 58.1 Å². The van der Waals surface area contributed by atoms with E-state index >= 15 is 0 Å². The Morgan fingerprint density at radius 2 is 1.21 bits per heavy atom. The number of aliphatic carboxylic acids is 4. The number of carboxylic acids is 4. The van der Waals surface area contributed by atoms with Gasteiger partial charge in [0.25, 0.3) is 11.5 Å². The predicted octanol–water partition coefficient (Wildman–Crippen LogP) is -3.80. The maximum absolute atomic E-state index is 12.9. The first-order valence-corrected chi connectivity index (χ1v) is 19.5. The van der Waals surface area contributed by atoms with Gasteiger partial charge in [-0.2, -0.15) is 4.98 Å². The molecule has 1 aliphatic rings. The molecular formula is C37H51GaN13O12+3. The van der Waals surface area contributed by atoms with Gasteiger partial charge in [-0.1, -0.05) is 0 Å². The number of rotatable bonds is 20. The van der Waals surface area contributed by atoms with Crippen molar-refractivity contribution in [3.63, 3.8) is 0 Å². The molecule has 11 N–H and O–H groups in total. The average molecular weight is 938 g/mol. The summed E-state index contributed by atoms with van der Waals surface area (Å²) in [5, 5.41) is 48.6. The number of carbonyl (C=O) groups excluding carboxylic acids is 3. The molecule has 1 fully saturated rings. The summed E-state index contributed by atoms with van der Waals surface area (Å²) in [7, 11) is 0. The molecule has 2 aromatic heterocycles. The summed E-state index contributed by atoms with van der Waals surface area (Å²) in [5.74, 6) is -6.23. The molecule has 0 bridgehead atoms. The van der Waals surface area contributed by atoms with Gasteiger partial charge in [0.05, 0.1) is 44.6 Å². The van der Waals surface area contributed by atoms with Gasteiger partial charge < -0.3 is 47.4 Å². The summed E-state index contributed by atoms with van der Waals surface area (Å²) in [6.45, 7) is 1.14. The molecule has 4 rings (SSSR count). The molecule has 0 radical (unpaired) electrons. The first-order valence-electron chi connectivity index (χ1n) is 19.5. The van der Waals surface area contributed by atoms with Crippen LogP contribution in [0.15, 0.2) is 35.3 Å². The van der Waals surface area contributed by atoms with Crippen LogP contribution in [0.2, 0.25) is 0 Å². The second-order valence-corrected chi connectivity index (χ2v) is 14.3. The third-order valence-corrected chi connectivity index (χ3v) is 9.51. The Morgan fingerprint density at radius 1 is 0.714 bits per heavy atom. The average Bonchev–Trinajstić information content (AvgIpc) is 3.20. The number of H-pyrrole nitrogens is 1. The Kier molecular flexibility index (Phi) is 20.8. The van der Waals surface area contributed by atoms with E-state index in [1.165, 1.54) is 18.3 Å². The van der Waals surface area contributed by atoms with Gasteiger partial charge in [0.2, 0.25) is 17.8 Å². The van der Waals surface area contributed by atoms with E-state index in [0.29, 0.717) is 11.4 Å². The minimum absolute atomic E-state index is 0. The molecule has 63 heavy (non-hydrogen) atoms. The van der Waals surface area contributed by atoms with E-state index in [2.05, 4.69) is 41.2 Å². The topological polar surface area (TPSA) is 359 Å². The Bertz CT molecular complexity index is 2100. The molecule has 1 aromatic carbocycles. The number of nitrogens with one attached hydrogen (secondary N) is 5. The van der Waals surface area contributed by atoms with Crippen molar-refractivity contribution in [2.45, 2.75) is 25.4 Å². The van der Waals surface area contributed by atoms with Crippen LogP contribution in [0.5, 0.6) is 0 Å². The van der Waals surface area contributed by atoms with Crippen molar-refractivity contribution in [3.8, 4) is 0 Å². The number of nitrogens with zero attached hydrogens (tertiary/aromatic N) is 7. The molecule has 1 atom stereocenters. The number of carboxylic acid groups (broad SMARTS) is 4. The molecule has 0 saturated carbocycles. The SMILES string of the molecule is Nc1nc2ncc(CNc3ccc(C(=O)N[C@@H](CCC(=O)NCCNC(=O)CN4CCN(CC(=O)O)CCN(CC(=O)O)CCN(CC(=O)O)CC4)C(=O)O)cc3)nc2c(=O)[nH]1.[68Ga+3]. The minimum Gasteiger partial charge on any atom is -0.480 e. The zero-order chi connectivity index (χ0) is 45.2. The van der Waals surface area contributed by atoms with E-state index in [1.807, 2.05) is 0 Å². The van der Waals surface area contributed by atoms with Crippen LogP contribution in [0.25, 0.3) is 11.2 Å². The number of aromatic nitrogens is 4. The summed E-state index contributed by atoms with van der Waals surface area (Å²) in [5.41, 5.74) is 6.31. The molecule has 0 unspecified atom stereocenters. The molecule has 1 saturated heterocycles. The summed E-state index contributed by atoms with van der Waals surface area (Å²) in [6, 6.07) is 4.74. The summed E-state index contributed by atoms with van der Waals surface area (Å²) in [6.07, 6.45) is 0.965. The third-order valence-electron chi connectivity index (χ3n) is 9.51. The Balaban J connectivity index is 0.0000106. The summed E-state index contributed by atoms with van der Waals surface area (Å²) >= 11 is 0. The number of nitrogens with two attached hydrogens (primary N) is 1. The summed E-state index contributed by atoms with van der Waals surface area (Å²) < 4.78 is 0. The molecule has 3 heterocycles. The Labute approximate surface area is 372 Å². The van der Waals surface area contributed by atoms with Gasteiger partial charge >= 0.3 is 43.7 Å². The molecule has 0 aliphatic carbocycles. The molecule has 1 aliphatic heterocycles. The van der Waals surface area contributed by atoms with E-state index in [0.717, 1.165) is 0 Å². The number of nitrogen functional groups attached to an aromatic ring is 1. The molecule has 3 aromatic rings. The van der Waals surface area contributed by atoms with Crippen LogP contribution >= 0.6 is 0 Å². The van der Waals surface area contributed by atoms with E-state index in [-0.39, 0.29) is 153 Å². The van der Waals surface area contributed by atoms with Gasteiger partial charge in [-0.25, -0.2) is 14.8 Å². The van der Waals surface area contributed by atoms with Crippen molar-refractivity contribution in [1.29, 1.82) is 0 Å². The van der Waals surface area contributed by atoms with Crippen molar-refractivity contribution in [1.82, 2.24) is 55.5 Å². The normalized spacial score (nSPS) is 15.1. The molecular weight excluding hydrogens is 886 g/mol. The fourth-order valence-electron chi connectivity index (χ4n) is 6.30. The fourth-order valence-corrected chi connectivity index (χ4v) is 6.30. The molecule has 26 heteroatoms. The number of benzene rings is 1. The van der Waals surface area contributed by atoms with E-state index < -0.39 is 53.2 Å². The zero-order valence-corrected chi connectivity index (χ0v) is 36.7. The maximum Gasteiger partial charge on any atom is 3.00 e. The molecule has 0 spiro atoms. The first-order chi connectivity index (χ1) is 29.5. The van der Waals surface area contributed by atoms with Crippen LogP contribution in [0.4, 0.5) is 11.6 Å². The third kappa shape index (κ3) is 18.4. The van der Waals surface area contributed by atoms with E-state index in [9.17, 15) is 58.8 Å². The van der Waals surface area contributed by atoms with Gasteiger partial charge in [0, 0.05) is 83.1 Å². The number of fused-ring (bicyclic) bond motifs is 1. The van der Waals surface area contributed by atoms with Crippen LogP contribution < -0.4 is 32.6 Å². The van der Waals surface area contributed by atoms with E-state index in [1.54, 1.807) is 31.7 Å². The standard InChI is InChI=1S/C37H51N13O12.Ga/c38-37-45-33-32(35(60)46-37)43-25(18-42-33)17-41-24-3-1-23(2-4-24)34(59)44-26(36(61)62)5-6-27(51)39-7-8-40-28(52)19-47-9-11-48(20-29(53)54)13-15-50(22-31(57)58)16-14-49(12-10-47)21-30(55)56;/h1-4,18,26,41H,5-17,19-22H2,(H,39,51)(H,40,52)(H,44,59)(H,53,54)(H,55,56)(H,57,58)(H,61,62)(H3,38,42,45,46,60);/q;+3/t26-;/m0./s1/i;1-2. The van der Waals surface area contributed by atoms with Crippen LogP contribution in [0.1, 0.15) is 28.9 Å². The molecule has 336 valence electrons. The molecule has 25 nitrogen and oxygen atoms in total. The van der Waals surface area contributed by atoms with Crippen LogP contribution in [0.3, 0.4) is 0 Å². The zero-order valence-electron chi connectivity index (χ0n) is 34.3. The monoisotopic (exact) mass is 937 g/mol. The van der Waals surface area contributed by atoms with Gasteiger partial charge in [0.15, 0.2) is 11.2 Å². The Morgan fingerprint density at radius 3 is 1.70 bits per heavy atom. The second kappa shape index (κ2) is 25.7. The summed E-state index contributed by atoms with van der Waals surface area (Å²) in [4.78, 5) is 118. The number of aromatic amines is 1. The number of carbonyl (C=O) groups is 7. The second-order valence-electron chi connectivity index (χ2n) is 14.3. The van der Waals surface area contributed by atoms with Crippen molar-refractivity contribution in [2.75, 3.05) is 103 Å². The van der Waals surface area contributed by atoms with Gasteiger partial charge in [-0.05, 0) is 30.7 Å². The van der Waals surface area contributed by atoms with Crippen LogP contribution in [0, 0.1) is 0 Å². The largest absolute Gasteiger partial charge is 3.00 e. The van der Waals surface area contributed by atoms with Crippen molar-refractivity contribution in [2.24, 2.45) is 0 Å². The quantitative estimate of drug-likeness (QED) is 0.0384. The first kappa shape index (κ1) is 51.2. The smallest absolute Gasteiger partial charge is 0.480 e. The number of anilines is 2. The molecule has 3 amide bonds.